The number of alkyl halides is 3. The highest BCUT2D eigenvalue weighted by molar-refractivity contribution is 5.77. The molecule has 3 rings (SSSR count). The topological polar surface area (TPSA) is 93.2 Å². The Hall–Kier alpha value is -3.14. The molecule has 1 atom stereocenters. The van der Waals surface area contributed by atoms with Gasteiger partial charge in [0.25, 0.3) is 0 Å². The van der Waals surface area contributed by atoms with Gasteiger partial charge in [0.15, 0.2) is 11.6 Å². The molecule has 28 heavy (non-hydrogen) atoms. The van der Waals surface area contributed by atoms with E-state index in [9.17, 15) is 23.1 Å². The van der Waals surface area contributed by atoms with Crippen molar-refractivity contribution in [3.63, 3.8) is 0 Å². The second-order valence-corrected chi connectivity index (χ2v) is 6.16. The van der Waals surface area contributed by atoms with Crippen LogP contribution >= 0.6 is 0 Å². The van der Waals surface area contributed by atoms with Gasteiger partial charge >= 0.3 is 6.18 Å². The smallest absolute Gasteiger partial charge is 0.425 e. The monoisotopic (exact) mass is 394 g/mol. The third kappa shape index (κ3) is 3.91. The molecule has 0 aliphatic carbocycles. The lowest BCUT2D eigenvalue weighted by molar-refractivity contribution is -0.271. The number of halogens is 3. The van der Waals surface area contributed by atoms with Gasteiger partial charge in [-0.15, -0.1) is 0 Å². The molecule has 2 aromatic heterocycles. The van der Waals surface area contributed by atoms with Crippen LogP contribution in [0.2, 0.25) is 0 Å². The van der Waals surface area contributed by atoms with Crippen molar-refractivity contribution in [3.05, 3.63) is 60.6 Å². The zero-order chi connectivity index (χ0) is 20.4. The Kier molecular flexibility index (Phi) is 5.23. The van der Waals surface area contributed by atoms with Crippen LogP contribution in [0.25, 0.3) is 11.3 Å². The van der Waals surface area contributed by atoms with Gasteiger partial charge in [0.1, 0.15) is 0 Å². The molecular weight excluding hydrogens is 377 g/mol. The highest BCUT2D eigenvalue weighted by Gasteiger charge is 2.58. The molecule has 0 radical (unpaired) electrons. The summed E-state index contributed by atoms with van der Waals surface area (Å²) in [5.74, 6) is -1.11. The molecule has 0 spiro atoms. The minimum absolute atomic E-state index is 0.125. The number of carbonyl (C=O) groups is 1. The Bertz CT molecular complexity index is 952. The van der Waals surface area contributed by atoms with Crippen LogP contribution in [0.3, 0.4) is 0 Å². The van der Waals surface area contributed by atoms with Gasteiger partial charge in [-0.3, -0.25) is 4.79 Å². The maximum atomic E-state index is 13.4. The number of oxazole rings is 1. The van der Waals surface area contributed by atoms with Crippen LogP contribution in [-0.2, 0) is 24.0 Å². The molecule has 2 N–H and O–H groups in total. The first-order valence-electron chi connectivity index (χ1n) is 8.24. The number of hydrogen-bond donors (Lipinski definition) is 2. The highest BCUT2D eigenvalue weighted by atomic mass is 19.4. The predicted octanol–water partition coefficient (Wildman–Crippen LogP) is 2.53. The van der Waals surface area contributed by atoms with Gasteiger partial charge in [0.2, 0.25) is 17.4 Å². The minimum Gasteiger partial charge on any atom is -0.439 e. The molecule has 1 unspecified atom stereocenters. The van der Waals surface area contributed by atoms with E-state index in [1.165, 1.54) is 19.4 Å². The van der Waals surface area contributed by atoms with Crippen molar-refractivity contribution >= 4 is 5.91 Å². The van der Waals surface area contributed by atoms with Gasteiger partial charge in [-0.25, -0.2) is 9.97 Å². The Morgan fingerprint density at radius 2 is 1.96 bits per heavy atom. The normalized spacial score (nSPS) is 13.9. The molecule has 0 fully saturated rings. The third-order valence-electron chi connectivity index (χ3n) is 4.13. The van der Waals surface area contributed by atoms with E-state index in [4.69, 9.17) is 4.42 Å². The number of nitrogens with one attached hydrogen (secondary N) is 1. The first-order chi connectivity index (χ1) is 13.2. The second-order valence-electron chi connectivity index (χ2n) is 6.16. The number of aromatic nitrogens is 3. The van der Waals surface area contributed by atoms with Crippen LogP contribution < -0.4 is 5.32 Å². The van der Waals surface area contributed by atoms with Gasteiger partial charge in [0.05, 0.1) is 19.2 Å². The van der Waals surface area contributed by atoms with Crippen LogP contribution in [0.1, 0.15) is 18.1 Å². The number of nitrogens with zero attached hydrogens (tertiary/aromatic N) is 3. The average Bonchev–Trinajstić information content (AvgIpc) is 3.29. The molecule has 1 amide bonds. The van der Waals surface area contributed by atoms with E-state index in [0.29, 0.717) is 5.76 Å². The van der Waals surface area contributed by atoms with Gasteiger partial charge in [-0.2, -0.15) is 13.2 Å². The molecule has 0 bridgehead atoms. The van der Waals surface area contributed by atoms with Crippen LogP contribution in [0, 0.1) is 0 Å². The van der Waals surface area contributed by atoms with E-state index in [1.54, 1.807) is 12.1 Å². The summed E-state index contributed by atoms with van der Waals surface area (Å²) in [6.45, 7) is -0.222. The molecular formula is C18H17F3N4O3. The quantitative estimate of drug-likeness (QED) is 0.670. The Balaban J connectivity index is 1.68. The van der Waals surface area contributed by atoms with Gasteiger partial charge in [-0.1, -0.05) is 30.3 Å². The van der Waals surface area contributed by atoms with Crippen LogP contribution in [-0.4, -0.2) is 31.7 Å². The van der Waals surface area contributed by atoms with Crippen LogP contribution in [0.4, 0.5) is 13.2 Å². The van der Waals surface area contributed by atoms with Crippen molar-refractivity contribution in [1.29, 1.82) is 0 Å². The van der Waals surface area contributed by atoms with E-state index in [1.807, 2.05) is 18.2 Å². The number of imidazole rings is 1. The zero-order valence-electron chi connectivity index (χ0n) is 14.8. The summed E-state index contributed by atoms with van der Waals surface area (Å²) < 4.78 is 46.8. The number of carbonyl (C=O) groups excluding carboxylic acids is 1. The number of hydrogen-bond acceptors (Lipinski definition) is 5. The average molecular weight is 394 g/mol. The van der Waals surface area contributed by atoms with Crippen molar-refractivity contribution in [1.82, 2.24) is 19.9 Å². The van der Waals surface area contributed by atoms with Gasteiger partial charge in [0, 0.05) is 25.0 Å². The van der Waals surface area contributed by atoms with Crippen molar-refractivity contribution in [2.45, 2.75) is 24.7 Å². The first-order valence-corrected chi connectivity index (χ1v) is 8.24. The summed E-state index contributed by atoms with van der Waals surface area (Å²) in [5.41, 5.74) is -2.64. The number of amides is 1. The molecule has 1 aromatic carbocycles. The van der Waals surface area contributed by atoms with Gasteiger partial charge in [-0.05, 0) is 0 Å². The summed E-state index contributed by atoms with van der Waals surface area (Å²) in [7, 11) is 1.30. The molecule has 7 nitrogen and oxygen atoms in total. The SMILES string of the molecule is Cn1ccnc1C(O)(CC(=O)NCc1ncc(-c2ccccc2)o1)C(F)(F)F. The maximum absolute atomic E-state index is 13.4. The van der Waals surface area contributed by atoms with Crippen molar-refractivity contribution in [3.8, 4) is 11.3 Å². The zero-order valence-corrected chi connectivity index (χ0v) is 14.8. The summed E-state index contributed by atoms with van der Waals surface area (Å²) in [5, 5.41) is 12.5. The molecule has 148 valence electrons. The van der Waals surface area contributed by atoms with Crippen LogP contribution in [0.5, 0.6) is 0 Å². The molecule has 3 aromatic rings. The molecule has 0 aliphatic rings. The lowest BCUT2D eigenvalue weighted by Crippen LogP contribution is -2.47. The summed E-state index contributed by atoms with van der Waals surface area (Å²) in [6, 6.07) is 9.08. The largest absolute Gasteiger partial charge is 0.439 e. The Morgan fingerprint density at radius 3 is 2.57 bits per heavy atom. The third-order valence-corrected chi connectivity index (χ3v) is 4.13. The number of rotatable bonds is 6. The van der Waals surface area contributed by atoms with E-state index >= 15 is 0 Å². The van der Waals surface area contributed by atoms with E-state index in [-0.39, 0.29) is 12.4 Å². The molecule has 0 saturated carbocycles. The Labute approximate surface area is 157 Å². The van der Waals surface area contributed by atoms with Gasteiger partial charge < -0.3 is 19.4 Å². The Morgan fingerprint density at radius 1 is 1.25 bits per heavy atom. The fourth-order valence-corrected chi connectivity index (χ4v) is 2.67. The predicted molar refractivity (Wildman–Crippen MR) is 91.6 cm³/mol. The molecule has 2 heterocycles. The maximum Gasteiger partial charge on any atom is 0.425 e. The van der Waals surface area contributed by atoms with Crippen molar-refractivity contribution in [2.24, 2.45) is 7.05 Å². The number of aryl methyl sites for hydroxylation is 1. The van der Waals surface area contributed by atoms with E-state index in [2.05, 4.69) is 15.3 Å². The van der Waals surface area contributed by atoms with Crippen molar-refractivity contribution in [2.75, 3.05) is 0 Å². The summed E-state index contributed by atoms with van der Waals surface area (Å²) >= 11 is 0. The first kappa shape index (κ1) is 19.6. The lowest BCUT2D eigenvalue weighted by atomic mass is 9.97. The fourth-order valence-electron chi connectivity index (χ4n) is 2.67. The molecule has 0 saturated heterocycles. The molecule has 0 aliphatic heterocycles. The number of aliphatic hydroxyl groups is 1. The van der Waals surface area contributed by atoms with Crippen LogP contribution in [0.15, 0.2) is 53.3 Å². The highest BCUT2D eigenvalue weighted by Crippen LogP contribution is 2.40. The second kappa shape index (κ2) is 7.47. The van der Waals surface area contributed by atoms with Crippen molar-refractivity contribution < 1.29 is 27.5 Å². The molecule has 10 heteroatoms. The van der Waals surface area contributed by atoms with E-state index in [0.717, 1.165) is 16.3 Å². The minimum atomic E-state index is -5.09. The summed E-state index contributed by atoms with van der Waals surface area (Å²) in [4.78, 5) is 19.6. The standard InChI is InChI=1S/C18H17F3N4O3/c1-25-8-7-22-16(25)17(27,18(19,20)21)9-14(26)23-11-15-24-10-13(28-15)12-5-3-2-4-6-12/h2-8,10,27H,9,11H2,1H3,(H,23,26). The number of benzene rings is 1. The summed E-state index contributed by atoms with van der Waals surface area (Å²) in [6.07, 6.45) is -2.51. The lowest BCUT2D eigenvalue weighted by Gasteiger charge is -2.29. The van der Waals surface area contributed by atoms with E-state index < -0.39 is 29.9 Å². The fraction of sp³-hybridized carbons (Fsp3) is 0.278.